The van der Waals surface area contributed by atoms with Crippen LogP contribution in [-0.2, 0) is 6.42 Å². The van der Waals surface area contributed by atoms with Gasteiger partial charge in [-0.2, -0.15) is 0 Å². The molecule has 0 spiro atoms. The van der Waals surface area contributed by atoms with Crippen LogP contribution < -0.4 is 5.73 Å². The van der Waals surface area contributed by atoms with Crippen LogP contribution in [0.15, 0.2) is 24.5 Å². The third-order valence-electron chi connectivity index (χ3n) is 5.96. The van der Waals surface area contributed by atoms with Gasteiger partial charge in [0.25, 0.3) is 5.91 Å². The molecule has 0 aromatic carbocycles. The van der Waals surface area contributed by atoms with Crippen LogP contribution in [0.1, 0.15) is 92.5 Å². The van der Waals surface area contributed by atoms with Gasteiger partial charge in [0.1, 0.15) is 0 Å². The standard InChI is InChI=1S/C23H33N3O/c1-3-4-14-20-22(18-11-10-15-25-16-18)21(23(24)27)17(2)26(20)19-12-8-6-5-7-9-13-19/h10-11,15-16,19H,3-9,12-14H2,1-2H3,(H2,24,27). The number of aromatic nitrogens is 2. The first-order valence-corrected chi connectivity index (χ1v) is 10.6. The molecule has 4 heteroatoms. The number of carbonyl (C=O) groups is 1. The summed E-state index contributed by atoms with van der Waals surface area (Å²) < 4.78 is 2.48. The Morgan fingerprint density at radius 1 is 1.22 bits per heavy atom. The molecule has 1 aliphatic carbocycles. The second-order valence-corrected chi connectivity index (χ2v) is 7.86. The van der Waals surface area contributed by atoms with E-state index in [2.05, 4.69) is 23.4 Å². The van der Waals surface area contributed by atoms with Gasteiger partial charge in [-0.05, 0) is 38.7 Å². The van der Waals surface area contributed by atoms with Crippen LogP contribution in [0.5, 0.6) is 0 Å². The van der Waals surface area contributed by atoms with E-state index in [1.165, 1.54) is 50.6 Å². The topological polar surface area (TPSA) is 60.9 Å². The minimum absolute atomic E-state index is 0.325. The summed E-state index contributed by atoms with van der Waals surface area (Å²) in [4.78, 5) is 16.7. The van der Waals surface area contributed by atoms with E-state index >= 15 is 0 Å². The van der Waals surface area contributed by atoms with Gasteiger partial charge >= 0.3 is 0 Å². The molecule has 0 aliphatic heterocycles. The molecule has 2 N–H and O–H groups in total. The van der Waals surface area contributed by atoms with Crippen molar-refractivity contribution >= 4 is 5.91 Å². The molecule has 1 aliphatic rings. The second kappa shape index (κ2) is 9.20. The summed E-state index contributed by atoms with van der Waals surface area (Å²) in [5, 5.41) is 0. The monoisotopic (exact) mass is 367 g/mol. The number of rotatable bonds is 6. The quantitative estimate of drug-likeness (QED) is 0.724. The summed E-state index contributed by atoms with van der Waals surface area (Å²) in [6.45, 7) is 4.29. The van der Waals surface area contributed by atoms with E-state index < -0.39 is 0 Å². The second-order valence-electron chi connectivity index (χ2n) is 7.86. The first-order valence-electron chi connectivity index (χ1n) is 10.6. The molecule has 1 fully saturated rings. The average Bonchev–Trinajstić information content (AvgIpc) is 2.93. The minimum Gasteiger partial charge on any atom is -0.366 e. The number of nitrogens with zero attached hydrogens (tertiary/aromatic N) is 2. The molecule has 0 unspecified atom stereocenters. The van der Waals surface area contributed by atoms with Crippen molar-refractivity contribution in [3.63, 3.8) is 0 Å². The molecule has 1 amide bonds. The highest BCUT2D eigenvalue weighted by molar-refractivity contribution is 6.02. The number of hydrogen-bond acceptors (Lipinski definition) is 2. The predicted octanol–water partition coefficient (Wildman–Crippen LogP) is 5.59. The van der Waals surface area contributed by atoms with Gasteiger partial charge in [-0.3, -0.25) is 9.78 Å². The summed E-state index contributed by atoms with van der Waals surface area (Å²) in [7, 11) is 0. The van der Waals surface area contributed by atoms with Crippen molar-refractivity contribution in [2.75, 3.05) is 0 Å². The van der Waals surface area contributed by atoms with Crippen LogP contribution in [0.2, 0.25) is 0 Å². The largest absolute Gasteiger partial charge is 0.366 e. The van der Waals surface area contributed by atoms with Crippen LogP contribution in [0.3, 0.4) is 0 Å². The maximum absolute atomic E-state index is 12.4. The van der Waals surface area contributed by atoms with Crippen molar-refractivity contribution in [1.29, 1.82) is 0 Å². The SMILES string of the molecule is CCCCc1c(-c2cccnc2)c(C(N)=O)c(C)n1C1CCCCCCC1. The van der Waals surface area contributed by atoms with E-state index in [0.717, 1.165) is 36.1 Å². The molecule has 146 valence electrons. The van der Waals surface area contributed by atoms with E-state index in [9.17, 15) is 4.79 Å². The molecule has 3 rings (SSSR count). The van der Waals surface area contributed by atoms with Gasteiger partial charge in [-0.25, -0.2) is 0 Å². The number of hydrogen-bond donors (Lipinski definition) is 1. The van der Waals surface area contributed by atoms with Gasteiger partial charge in [-0.15, -0.1) is 0 Å². The Kier molecular flexibility index (Phi) is 6.70. The maximum atomic E-state index is 12.4. The fraction of sp³-hybridized carbons (Fsp3) is 0.565. The van der Waals surface area contributed by atoms with Gasteiger partial charge in [0, 0.05) is 41.0 Å². The lowest BCUT2D eigenvalue weighted by molar-refractivity contribution is 0.1000. The number of amides is 1. The maximum Gasteiger partial charge on any atom is 0.251 e. The lowest BCUT2D eigenvalue weighted by Gasteiger charge is -2.26. The van der Waals surface area contributed by atoms with E-state index in [4.69, 9.17) is 5.73 Å². The molecule has 2 aromatic heterocycles. The fourth-order valence-corrected chi connectivity index (χ4v) is 4.67. The smallest absolute Gasteiger partial charge is 0.251 e. The molecular formula is C23H33N3O. The van der Waals surface area contributed by atoms with Crippen molar-refractivity contribution in [3.8, 4) is 11.1 Å². The van der Waals surface area contributed by atoms with Crippen molar-refractivity contribution in [1.82, 2.24) is 9.55 Å². The number of pyridine rings is 1. The molecule has 0 saturated heterocycles. The number of carbonyl (C=O) groups excluding carboxylic acids is 1. The highest BCUT2D eigenvalue weighted by Crippen LogP contribution is 2.38. The molecule has 27 heavy (non-hydrogen) atoms. The first kappa shape index (κ1) is 19.7. The zero-order chi connectivity index (χ0) is 19.2. The Labute approximate surface area is 163 Å². The average molecular weight is 368 g/mol. The molecular weight excluding hydrogens is 334 g/mol. The molecule has 0 atom stereocenters. The van der Waals surface area contributed by atoms with E-state index in [-0.39, 0.29) is 5.91 Å². The van der Waals surface area contributed by atoms with E-state index in [0.29, 0.717) is 11.6 Å². The zero-order valence-electron chi connectivity index (χ0n) is 16.8. The minimum atomic E-state index is -0.325. The molecule has 4 nitrogen and oxygen atoms in total. The van der Waals surface area contributed by atoms with E-state index in [1.54, 1.807) is 6.20 Å². The Hall–Kier alpha value is -2.10. The number of nitrogens with two attached hydrogens (primary N) is 1. The molecule has 2 aromatic rings. The Morgan fingerprint density at radius 3 is 2.52 bits per heavy atom. The van der Waals surface area contributed by atoms with Gasteiger partial charge in [0.15, 0.2) is 0 Å². The van der Waals surface area contributed by atoms with Crippen LogP contribution in [0.4, 0.5) is 0 Å². The van der Waals surface area contributed by atoms with Gasteiger partial charge in [-0.1, -0.05) is 51.5 Å². The van der Waals surface area contributed by atoms with Crippen LogP contribution in [0, 0.1) is 6.92 Å². The van der Waals surface area contributed by atoms with Crippen molar-refractivity contribution in [2.45, 2.75) is 84.1 Å². The van der Waals surface area contributed by atoms with Gasteiger partial charge < -0.3 is 10.3 Å². The van der Waals surface area contributed by atoms with Gasteiger partial charge in [0.2, 0.25) is 0 Å². The first-order chi connectivity index (χ1) is 13.1. The summed E-state index contributed by atoms with van der Waals surface area (Å²) in [6.07, 6.45) is 15.8. The van der Waals surface area contributed by atoms with E-state index in [1.807, 2.05) is 18.3 Å². The Morgan fingerprint density at radius 2 is 1.93 bits per heavy atom. The summed E-state index contributed by atoms with van der Waals surface area (Å²) in [6, 6.07) is 4.46. The van der Waals surface area contributed by atoms with Gasteiger partial charge in [0.05, 0.1) is 5.56 Å². The molecule has 1 saturated carbocycles. The summed E-state index contributed by atoms with van der Waals surface area (Å²) in [5.41, 5.74) is 10.9. The molecule has 0 radical (unpaired) electrons. The Balaban J connectivity index is 2.17. The normalized spacial score (nSPS) is 16.1. The lowest BCUT2D eigenvalue weighted by atomic mass is 9.95. The number of unbranched alkanes of at least 4 members (excludes halogenated alkanes) is 1. The van der Waals surface area contributed by atoms with Crippen LogP contribution in [0.25, 0.3) is 11.1 Å². The highest BCUT2D eigenvalue weighted by Gasteiger charge is 2.28. The molecule has 2 heterocycles. The third kappa shape index (κ3) is 4.26. The van der Waals surface area contributed by atoms with Crippen molar-refractivity contribution in [3.05, 3.63) is 41.5 Å². The van der Waals surface area contributed by atoms with Crippen molar-refractivity contribution < 1.29 is 4.79 Å². The zero-order valence-corrected chi connectivity index (χ0v) is 16.8. The van der Waals surface area contributed by atoms with Crippen LogP contribution >= 0.6 is 0 Å². The third-order valence-corrected chi connectivity index (χ3v) is 5.96. The highest BCUT2D eigenvalue weighted by atomic mass is 16.1. The summed E-state index contributed by atoms with van der Waals surface area (Å²) in [5.74, 6) is -0.325. The van der Waals surface area contributed by atoms with Crippen LogP contribution in [-0.4, -0.2) is 15.5 Å². The number of primary amides is 1. The van der Waals surface area contributed by atoms with Crippen molar-refractivity contribution in [2.24, 2.45) is 5.73 Å². The lowest BCUT2D eigenvalue weighted by Crippen LogP contribution is -2.17. The Bertz CT molecular complexity index is 756. The summed E-state index contributed by atoms with van der Waals surface area (Å²) >= 11 is 0. The predicted molar refractivity (Wildman–Crippen MR) is 111 cm³/mol. The fourth-order valence-electron chi connectivity index (χ4n) is 4.67. The molecule has 0 bridgehead atoms.